The summed E-state index contributed by atoms with van der Waals surface area (Å²) in [6.07, 6.45) is 3.26. The molecule has 3 aromatic rings. The summed E-state index contributed by atoms with van der Waals surface area (Å²) in [7, 11) is 0. The van der Waals surface area contributed by atoms with E-state index >= 15 is 0 Å². The summed E-state index contributed by atoms with van der Waals surface area (Å²) in [5.74, 6) is 0.915. The van der Waals surface area contributed by atoms with Crippen molar-refractivity contribution in [2.75, 3.05) is 18.0 Å². The summed E-state index contributed by atoms with van der Waals surface area (Å²) < 4.78 is 7.38. The molecule has 0 aromatic carbocycles. The highest BCUT2D eigenvalue weighted by molar-refractivity contribution is 7.17. The van der Waals surface area contributed by atoms with Crippen LogP contribution in [0.1, 0.15) is 30.0 Å². The zero-order valence-electron chi connectivity index (χ0n) is 15.5. The highest BCUT2D eigenvalue weighted by Gasteiger charge is 2.27. The molecule has 1 amide bonds. The number of piperidine rings is 1. The predicted octanol–water partition coefficient (Wildman–Crippen LogP) is 3.07. The van der Waals surface area contributed by atoms with Crippen molar-refractivity contribution in [3.05, 3.63) is 47.7 Å². The Kier molecular flexibility index (Phi) is 4.98. The molecule has 27 heavy (non-hydrogen) atoms. The van der Waals surface area contributed by atoms with Gasteiger partial charge in [0.25, 0.3) is 0 Å². The van der Waals surface area contributed by atoms with E-state index in [1.54, 1.807) is 17.6 Å². The Hall–Kier alpha value is -2.61. The van der Waals surface area contributed by atoms with Gasteiger partial charge in [-0.2, -0.15) is 0 Å². The fourth-order valence-electron chi connectivity index (χ4n) is 3.46. The number of hydrogen-bond acceptors (Lipinski definition) is 6. The van der Waals surface area contributed by atoms with Crippen molar-refractivity contribution in [2.24, 2.45) is 5.92 Å². The van der Waals surface area contributed by atoms with Gasteiger partial charge < -0.3 is 14.6 Å². The van der Waals surface area contributed by atoms with Crippen LogP contribution in [0.5, 0.6) is 0 Å². The highest BCUT2D eigenvalue weighted by Crippen LogP contribution is 2.29. The Balaban J connectivity index is 1.33. The molecule has 0 saturated carbocycles. The van der Waals surface area contributed by atoms with Crippen LogP contribution in [0, 0.1) is 19.8 Å². The van der Waals surface area contributed by atoms with Crippen LogP contribution < -0.4 is 10.2 Å². The Morgan fingerprint density at radius 2 is 1.89 bits per heavy atom. The van der Waals surface area contributed by atoms with Gasteiger partial charge in [-0.3, -0.25) is 9.36 Å². The van der Waals surface area contributed by atoms with E-state index in [-0.39, 0.29) is 11.8 Å². The van der Waals surface area contributed by atoms with Gasteiger partial charge in [0.1, 0.15) is 5.76 Å². The summed E-state index contributed by atoms with van der Waals surface area (Å²) in [6.45, 7) is 6.22. The number of furan rings is 1. The number of carbonyl (C=O) groups excluding carboxylic acids is 1. The van der Waals surface area contributed by atoms with Gasteiger partial charge in [-0.1, -0.05) is 11.3 Å². The molecular weight excluding hydrogens is 362 g/mol. The predicted molar refractivity (Wildman–Crippen MR) is 104 cm³/mol. The molecule has 3 aromatic heterocycles. The van der Waals surface area contributed by atoms with E-state index in [4.69, 9.17) is 4.42 Å². The van der Waals surface area contributed by atoms with Gasteiger partial charge in [0, 0.05) is 30.4 Å². The standard InChI is InChI=1S/C19H23N5O2S/c1-13-5-6-14(2)24(13)19-22-21-18(27-19)23-9-7-15(8-10-23)17(25)20-12-16-4-3-11-26-16/h3-6,11,15H,7-10,12H2,1-2H3,(H,20,25). The first kappa shape index (κ1) is 17.8. The van der Waals surface area contributed by atoms with Crippen molar-refractivity contribution < 1.29 is 9.21 Å². The monoisotopic (exact) mass is 385 g/mol. The van der Waals surface area contributed by atoms with Crippen LogP contribution in [0.4, 0.5) is 5.13 Å². The van der Waals surface area contributed by atoms with E-state index < -0.39 is 0 Å². The Morgan fingerprint density at radius 1 is 1.19 bits per heavy atom. The molecule has 0 unspecified atom stereocenters. The van der Waals surface area contributed by atoms with Gasteiger partial charge in [0.2, 0.25) is 16.2 Å². The zero-order chi connectivity index (χ0) is 18.8. The maximum absolute atomic E-state index is 12.4. The molecule has 0 bridgehead atoms. The molecule has 1 aliphatic heterocycles. The molecule has 1 saturated heterocycles. The third-order valence-corrected chi connectivity index (χ3v) is 5.99. The number of anilines is 1. The van der Waals surface area contributed by atoms with E-state index in [9.17, 15) is 4.79 Å². The largest absolute Gasteiger partial charge is 0.467 e. The molecule has 0 atom stereocenters. The molecule has 4 heterocycles. The fraction of sp³-hybridized carbons (Fsp3) is 0.421. The number of hydrogen-bond donors (Lipinski definition) is 1. The quantitative estimate of drug-likeness (QED) is 0.730. The second-order valence-corrected chi connectivity index (χ2v) is 7.81. The first-order valence-electron chi connectivity index (χ1n) is 9.15. The summed E-state index contributed by atoms with van der Waals surface area (Å²) in [5, 5.41) is 13.5. The lowest BCUT2D eigenvalue weighted by Gasteiger charge is -2.30. The number of nitrogens with zero attached hydrogens (tertiary/aromatic N) is 4. The second-order valence-electron chi connectivity index (χ2n) is 6.88. The Labute approximate surface area is 162 Å². The molecule has 1 fully saturated rings. The van der Waals surface area contributed by atoms with Gasteiger partial charge in [-0.15, -0.1) is 10.2 Å². The van der Waals surface area contributed by atoms with Crippen molar-refractivity contribution in [3.63, 3.8) is 0 Å². The average Bonchev–Trinajstić information content (AvgIpc) is 3.42. The van der Waals surface area contributed by atoms with Gasteiger partial charge in [0.05, 0.1) is 12.8 Å². The van der Waals surface area contributed by atoms with Crippen LogP contribution in [0.15, 0.2) is 34.9 Å². The third kappa shape index (κ3) is 3.75. The number of amides is 1. The lowest BCUT2D eigenvalue weighted by Crippen LogP contribution is -2.40. The minimum absolute atomic E-state index is 0.0394. The first-order valence-corrected chi connectivity index (χ1v) is 9.97. The maximum atomic E-state index is 12.4. The third-order valence-electron chi connectivity index (χ3n) is 5.02. The van der Waals surface area contributed by atoms with Crippen LogP contribution in [0.3, 0.4) is 0 Å². The second kappa shape index (κ2) is 7.56. The van der Waals surface area contributed by atoms with Crippen LogP contribution in [-0.4, -0.2) is 33.8 Å². The van der Waals surface area contributed by atoms with Gasteiger partial charge >= 0.3 is 0 Å². The lowest BCUT2D eigenvalue weighted by atomic mass is 9.96. The molecule has 1 N–H and O–H groups in total. The lowest BCUT2D eigenvalue weighted by molar-refractivity contribution is -0.125. The van der Waals surface area contributed by atoms with Crippen LogP contribution in [0.2, 0.25) is 0 Å². The molecule has 1 aliphatic rings. The van der Waals surface area contributed by atoms with E-state index in [1.807, 2.05) is 12.1 Å². The van der Waals surface area contributed by atoms with Gasteiger partial charge in [-0.25, -0.2) is 0 Å². The molecule has 0 aliphatic carbocycles. The minimum Gasteiger partial charge on any atom is -0.467 e. The molecule has 4 rings (SSSR count). The summed E-state index contributed by atoms with van der Waals surface area (Å²) in [6, 6.07) is 7.86. The zero-order valence-corrected chi connectivity index (χ0v) is 16.3. The summed E-state index contributed by atoms with van der Waals surface area (Å²) in [4.78, 5) is 14.6. The summed E-state index contributed by atoms with van der Waals surface area (Å²) >= 11 is 1.60. The average molecular weight is 385 g/mol. The smallest absolute Gasteiger partial charge is 0.223 e. The Morgan fingerprint density at radius 3 is 2.56 bits per heavy atom. The minimum atomic E-state index is 0.0394. The number of nitrogens with one attached hydrogen (secondary N) is 1. The molecule has 142 valence electrons. The van der Waals surface area contributed by atoms with E-state index in [0.29, 0.717) is 6.54 Å². The molecule has 0 spiro atoms. The highest BCUT2D eigenvalue weighted by atomic mass is 32.1. The van der Waals surface area contributed by atoms with E-state index in [2.05, 4.69) is 51.0 Å². The normalized spacial score (nSPS) is 15.3. The topological polar surface area (TPSA) is 76.2 Å². The van der Waals surface area contributed by atoms with Crippen molar-refractivity contribution in [3.8, 4) is 5.13 Å². The SMILES string of the molecule is Cc1ccc(C)n1-c1nnc(N2CCC(C(=O)NCc3ccco3)CC2)s1. The molecular formula is C19H23N5O2S. The van der Waals surface area contributed by atoms with E-state index in [1.165, 1.54) is 0 Å². The van der Waals surface area contributed by atoms with E-state index in [0.717, 1.165) is 53.3 Å². The molecule has 8 heteroatoms. The van der Waals surface area contributed by atoms with Crippen LogP contribution in [0.25, 0.3) is 5.13 Å². The maximum Gasteiger partial charge on any atom is 0.223 e. The van der Waals surface area contributed by atoms with Gasteiger partial charge in [0.15, 0.2) is 0 Å². The molecule has 0 radical (unpaired) electrons. The summed E-state index contributed by atoms with van der Waals surface area (Å²) in [5.41, 5.74) is 2.31. The first-order chi connectivity index (χ1) is 13.1. The number of carbonyl (C=O) groups is 1. The van der Waals surface area contributed by atoms with Crippen LogP contribution >= 0.6 is 11.3 Å². The number of aromatic nitrogens is 3. The van der Waals surface area contributed by atoms with Crippen LogP contribution in [-0.2, 0) is 11.3 Å². The Bertz CT molecular complexity index is 887. The van der Waals surface area contributed by atoms with Crippen molar-refractivity contribution >= 4 is 22.4 Å². The van der Waals surface area contributed by atoms with Crippen molar-refractivity contribution in [1.82, 2.24) is 20.1 Å². The van der Waals surface area contributed by atoms with Crippen molar-refractivity contribution in [1.29, 1.82) is 0 Å². The fourth-order valence-corrected chi connectivity index (χ4v) is 4.48. The van der Waals surface area contributed by atoms with Gasteiger partial charge in [-0.05, 0) is 51.0 Å². The number of rotatable bonds is 5. The van der Waals surface area contributed by atoms with Crippen molar-refractivity contribution in [2.45, 2.75) is 33.2 Å². The molecule has 7 nitrogen and oxygen atoms in total. The number of aryl methyl sites for hydroxylation is 2.